The molecule has 1 aliphatic heterocycles. The van der Waals surface area contributed by atoms with Crippen LogP contribution in [0.5, 0.6) is 0 Å². The number of fused-ring (bicyclic) bond motifs is 1. The maximum absolute atomic E-state index is 9.16. The van der Waals surface area contributed by atoms with Crippen molar-refractivity contribution < 1.29 is 9.84 Å². The molecule has 2 nitrogen and oxygen atoms in total. The SMILES string of the molecule is CCCCCC(=C/C1=CC2C=C(C)CCC2C(C)(C)O1)/C=C/O. The minimum atomic E-state index is -0.139. The highest BCUT2D eigenvalue weighted by molar-refractivity contribution is 5.31. The van der Waals surface area contributed by atoms with Crippen molar-refractivity contribution in [3.05, 3.63) is 47.5 Å². The number of unbranched alkanes of at least 4 members (excludes halogenated alkanes) is 2. The lowest BCUT2D eigenvalue weighted by Gasteiger charge is -2.44. The van der Waals surface area contributed by atoms with Gasteiger partial charge in [-0.15, -0.1) is 0 Å². The van der Waals surface area contributed by atoms with E-state index in [2.05, 4.69) is 45.9 Å². The van der Waals surface area contributed by atoms with Gasteiger partial charge in [-0.1, -0.05) is 31.4 Å². The van der Waals surface area contributed by atoms with Crippen LogP contribution in [-0.4, -0.2) is 10.7 Å². The molecule has 0 aromatic carbocycles. The van der Waals surface area contributed by atoms with Crippen LogP contribution in [0.2, 0.25) is 0 Å². The van der Waals surface area contributed by atoms with Gasteiger partial charge in [-0.25, -0.2) is 0 Å². The zero-order chi connectivity index (χ0) is 16.9. The summed E-state index contributed by atoms with van der Waals surface area (Å²) in [5.74, 6) is 1.97. The molecule has 0 radical (unpaired) electrons. The summed E-state index contributed by atoms with van der Waals surface area (Å²) in [5, 5.41) is 9.16. The molecule has 0 spiro atoms. The summed E-state index contributed by atoms with van der Waals surface area (Å²) in [6, 6.07) is 0. The number of hydrogen-bond donors (Lipinski definition) is 1. The number of hydrogen-bond acceptors (Lipinski definition) is 2. The quantitative estimate of drug-likeness (QED) is 0.272. The Bertz CT molecular complexity index is 520. The molecule has 1 N–H and O–H groups in total. The molecule has 23 heavy (non-hydrogen) atoms. The van der Waals surface area contributed by atoms with E-state index in [1.54, 1.807) is 6.08 Å². The summed E-state index contributed by atoms with van der Waals surface area (Å²) in [7, 11) is 0. The summed E-state index contributed by atoms with van der Waals surface area (Å²) in [6.07, 6.45) is 16.7. The van der Waals surface area contributed by atoms with Crippen molar-refractivity contribution in [2.24, 2.45) is 11.8 Å². The zero-order valence-electron chi connectivity index (χ0n) is 15.1. The molecule has 0 aromatic rings. The smallest absolute Gasteiger partial charge is 0.117 e. The number of allylic oxidation sites excluding steroid dienone is 6. The van der Waals surface area contributed by atoms with E-state index in [4.69, 9.17) is 9.84 Å². The van der Waals surface area contributed by atoms with Crippen LogP contribution in [0, 0.1) is 11.8 Å². The third-order valence-electron chi connectivity index (χ3n) is 5.11. The second-order valence-corrected chi connectivity index (χ2v) is 7.50. The van der Waals surface area contributed by atoms with Gasteiger partial charge in [-0.05, 0) is 70.3 Å². The average molecular weight is 316 g/mol. The van der Waals surface area contributed by atoms with E-state index in [0.717, 1.165) is 30.4 Å². The Hall–Kier alpha value is -1.44. The Kier molecular flexibility index (Phi) is 6.15. The first-order chi connectivity index (χ1) is 11.0. The van der Waals surface area contributed by atoms with E-state index < -0.39 is 0 Å². The van der Waals surface area contributed by atoms with Gasteiger partial charge in [0.2, 0.25) is 0 Å². The van der Waals surface area contributed by atoms with Gasteiger partial charge in [0, 0.05) is 11.8 Å². The molecule has 2 atom stereocenters. The second kappa shape index (κ2) is 7.90. The Balaban J connectivity index is 2.22. The van der Waals surface area contributed by atoms with Crippen LogP contribution < -0.4 is 0 Å². The normalized spacial score (nSPS) is 27.2. The molecule has 0 saturated heterocycles. The minimum absolute atomic E-state index is 0.139. The van der Waals surface area contributed by atoms with E-state index in [0.29, 0.717) is 11.8 Å². The lowest BCUT2D eigenvalue weighted by Crippen LogP contribution is -2.42. The fraction of sp³-hybridized carbons (Fsp3) is 0.619. The molecule has 0 amide bonds. The molecule has 0 fully saturated rings. The summed E-state index contributed by atoms with van der Waals surface area (Å²) in [4.78, 5) is 0. The molecular weight excluding hydrogens is 284 g/mol. The molecular formula is C21H32O2. The van der Waals surface area contributed by atoms with Crippen molar-refractivity contribution in [3.8, 4) is 0 Å². The van der Waals surface area contributed by atoms with Gasteiger partial charge in [-0.2, -0.15) is 0 Å². The van der Waals surface area contributed by atoms with Crippen LogP contribution in [0.25, 0.3) is 0 Å². The van der Waals surface area contributed by atoms with Gasteiger partial charge in [0.05, 0.1) is 6.26 Å². The number of aliphatic hydroxyl groups is 1. The highest BCUT2D eigenvalue weighted by Gasteiger charge is 2.40. The summed E-state index contributed by atoms with van der Waals surface area (Å²) in [6.45, 7) is 8.85. The van der Waals surface area contributed by atoms with Crippen molar-refractivity contribution in [3.63, 3.8) is 0 Å². The molecule has 2 unspecified atom stereocenters. The third-order valence-corrected chi connectivity index (χ3v) is 5.11. The first kappa shape index (κ1) is 17.9. The Morgan fingerprint density at radius 3 is 2.83 bits per heavy atom. The minimum Gasteiger partial charge on any atom is -0.516 e. The predicted molar refractivity (Wildman–Crippen MR) is 97.2 cm³/mol. The van der Waals surface area contributed by atoms with E-state index in [1.807, 2.05) is 0 Å². The van der Waals surface area contributed by atoms with Crippen LogP contribution in [0.3, 0.4) is 0 Å². The second-order valence-electron chi connectivity index (χ2n) is 7.50. The van der Waals surface area contributed by atoms with Gasteiger partial charge in [0.15, 0.2) is 0 Å². The van der Waals surface area contributed by atoms with Crippen molar-refractivity contribution in [2.45, 2.75) is 71.8 Å². The molecule has 1 aliphatic carbocycles. The van der Waals surface area contributed by atoms with Crippen LogP contribution in [0.1, 0.15) is 66.2 Å². The Morgan fingerprint density at radius 1 is 1.35 bits per heavy atom. The van der Waals surface area contributed by atoms with E-state index in [1.165, 1.54) is 31.3 Å². The Labute approximate surface area is 141 Å². The number of rotatable bonds is 6. The van der Waals surface area contributed by atoms with Gasteiger partial charge >= 0.3 is 0 Å². The van der Waals surface area contributed by atoms with Crippen molar-refractivity contribution in [2.75, 3.05) is 0 Å². The van der Waals surface area contributed by atoms with Crippen LogP contribution in [-0.2, 0) is 4.74 Å². The zero-order valence-corrected chi connectivity index (χ0v) is 15.1. The molecule has 2 aliphatic rings. The largest absolute Gasteiger partial charge is 0.516 e. The first-order valence-electron chi connectivity index (χ1n) is 9.05. The molecule has 0 bridgehead atoms. The predicted octanol–water partition coefficient (Wildman–Crippen LogP) is 6.23. The Morgan fingerprint density at radius 2 is 2.13 bits per heavy atom. The lowest BCUT2D eigenvalue weighted by molar-refractivity contribution is -0.0421. The highest BCUT2D eigenvalue weighted by atomic mass is 16.5. The van der Waals surface area contributed by atoms with Crippen LogP contribution in [0.4, 0.5) is 0 Å². The first-order valence-corrected chi connectivity index (χ1v) is 9.05. The summed E-state index contributed by atoms with van der Waals surface area (Å²) in [5.41, 5.74) is 2.49. The van der Waals surface area contributed by atoms with Gasteiger partial charge < -0.3 is 9.84 Å². The summed E-state index contributed by atoms with van der Waals surface area (Å²) >= 11 is 0. The topological polar surface area (TPSA) is 29.5 Å². The lowest BCUT2D eigenvalue weighted by atomic mass is 9.71. The summed E-state index contributed by atoms with van der Waals surface area (Å²) < 4.78 is 6.30. The standard InChI is InChI=1S/C21H32O2/c1-5-6-7-8-17(11-12-22)14-19-15-18-13-16(2)9-10-20(18)21(3,4)23-19/h11-15,18,20,22H,5-10H2,1-4H3/b12-11+,17-14-. The third kappa shape index (κ3) is 4.76. The molecule has 1 heterocycles. The molecule has 2 rings (SSSR count). The molecule has 0 saturated carbocycles. The van der Waals surface area contributed by atoms with Crippen molar-refractivity contribution in [1.29, 1.82) is 0 Å². The highest BCUT2D eigenvalue weighted by Crippen LogP contribution is 2.44. The van der Waals surface area contributed by atoms with Crippen LogP contribution in [0.15, 0.2) is 47.5 Å². The molecule has 0 aromatic heterocycles. The van der Waals surface area contributed by atoms with Gasteiger partial charge in [0.25, 0.3) is 0 Å². The average Bonchev–Trinajstić information content (AvgIpc) is 2.46. The van der Waals surface area contributed by atoms with Gasteiger partial charge in [-0.3, -0.25) is 0 Å². The fourth-order valence-electron chi connectivity index (χ4n) is 3.82. The fourth-order valence-corrected chi connectivity index (χ4v) is 3.82. The van der Waals surface area contributed by atoms with Crippen molar-refractivity contribution in [1.82, 2.24) is 0 Å². The molecule has 128 valence electrons. The van der Waals surface area contributed by atoms with E-state index in [-0.39, 0.29) is 5.60 Å². The maximum Gasteiger partial charge on any atom is 0.117 e. The molecule has 2 heteroatoms. The van der Waals surface area contributed by atoms with E-state index >= 15 is 0 Å². The van der Waals surface area contributed by atoms with Crippen LogP contribution >= 0.6 is 0 Å². The van der Waals surface area contributed by atoms with Gasteiger partial charge in [0.1, 0.15) is 11.4 Å². The maximum atomic E-state index is 9.16. The number of aliphatic hydroxyl groups excluding tert-OH is 1. The van der Waals surface area contributed by atoms with Crippen molar-refractivity contribution >= 4 is 0 Å². The van der Waals surface area contributed by atoms with E-state index in [9.17, 15) is 0 Å². The monoisotopic (exact) mass is 316 g/mol. The number of ether oxygens (including phenoxy) is 1.